The maximum absolute atomic E-state index is 13.4. The van der Waals surface area contributed by atoms with E-state index in [0.29, 0.717) is 37.4 Å². The third-order valence-corrected chi connectivity index (χ3v) is 8.10. The highest BCUT2D eigenvalue weighted by molar-refractivity contribution is 6.00. The Balaban J connectivity index is 1.14. The number of Topliss-reactive ketones (excluding diaryl/α,β-unsaturated/α-hetero) is 1. The number of fused-ring (bicyclic) bond motifs is 5. The van der Waals surface area contributed by atoms with Crippen LogP contribution in [0.25, 0.3) is 11.1 Å². The molecule has 5 nitrogen and oxygen atoms in total. The molecule has 6 rings (SSSR count). The molecule has 0 spiro atoms. The van der Waals surface area contributed by atoms with Crippen LogP contribution in [0, 0.1) is 5.92 Å². The molecule has 2 atom stereocenters. The summed E-state index contributed by atoms with van der Waals surface area (Å²) in [5.41, 5.74) is 5.53. The number of piperidine rings is 1. The predicted octanol–water partition coefficient (Wildman–Crippen LogP) is 6.46. The second kappa shape index (κ2) is 9.45. The summed E-state index contributed by atoms with van der Waals surface area (Å²) in [4.78, 5) is 28.7. The third kappa shape index (κ3) is 3.87. The van der Waals surface area contributed by atoms with E-state index >= 15 is 0 Å². The molecule has 2 heterocycles. The van der Waals surface area contributed by atoms with E-state index in [9.17, 15) is 9.59 Å². The molecule has 2 unspecified atom stereocenters. The monoisotopic (exact) mass is 481 g/mol. The van der Waals surface area contributed by atoms with E-state index in [2.05, 4.69) is 36.4 Å². The van der Waals surface area contributed by atoms with Gasteiger partial charge in [0.25, 0.3) is 0 Å². The lowest BCUT2D eigenvalue weighted by molar-refractivity contribution is 0.0504. The van der Waals surface area contributed by atoms with Crippen molar-refractivity contribution in [1.82, 2.24) is 4.90 Å². The Bertz CT molecular complexity index is 1240. The molecule has 3 aliphatic rings. The number of carbonyl (C=O) groups excluding carboxylic acids is 2. The smallest absolute Gasteiger partial charge is 0.410 e. The van der Waals surface area contributed by atoms with Crippen LogP contribution in [0.15, 0.2) is 72.8 Å². The summed E-state index contributed by atoms with van der Waals surface area (Å²) < 4.78 is 11.7. The number of amides is 1. The van der Waals surface area contributed by atoms with E-state index in [1.54, 1.807) is 0 Å². The molecule has 0 saturated carbocycles. The minimum absolute atomic E-state index is 0.0487. The molecule has 2 saturated heterocycles. The minimum Gasteiger partial charge on any atom is -0.493 e. The molecule has 0 radical (unpaired) electrons. The summed E-state index contributed by atoms with van der Waals surface area (Å²) in [6.45, 7) is 2.77. The predicted molar refractivity (Wildman–Crippen MR) is 138 cm³/mol. The van der Waals surface area contributed by atoms with Gasteiger partial charge in [-0.3, -0.25) is 4.79 Å². The normalized spacial score (nSPS) is 22.1. The van der Waals surface area contributed by atoms with Crippen molar-refractivity contribution in [3.8, 4) is 16.9 Å². The number of hydrogen-bond acceptors (Lipinski definition) is 4. The number of rotatable bonds is 6. The van der Waals surface area contributed by atoms with Crippen molar-refractivity contribution in [3.63, 3.8) is 0 Å². The summed E-state index contributed by atoms with van der Waals surface area (Å²) in [5, 5.41) is 0. The highest BCUT2D eigenvalue weighted by Gasteiger charge is 2.46. The van der Waals surface area contributed by atoms with Gasteiger partial charge in [0.1, 0.15) is 12.4 Å². The standard InChI is InChI=1S/C31H31NO4/c1-2-35-29-14-8-7-13-27(29)30(33)20-17-21-15-16-22(18-20)32(21)31(34)36-19-28-25-11-5-3-9-23(25)24-10-4-6-12-26(24)28/h3-14,20-22,28H,2,15-19H2,1H3. The van der Waals surface area contributed by atoms with Gasteiger partial charge in [-0.25, -0.2) is 4.79 Å². The molecule has 0 aromatic heterocycles. The number of hydrogen-bond donors (Lipinski definition) is 0. The summed E-state index contributed by atoms with van der Waals surface area (Å²) >= 11 is 0. The third-order valence-electron chi connectivity index (χ3n) is 8.10. The van der Waals surface area contributed by atoms with Crippen LogP contribution in [0.2, 0.25) is 0 Å². The van der Waals surface area contributed by atoms with Crippen LogP contribution < -0.4 is 4.74 Å². The molecule has 2 aliphatic heterocycles. The lowest BCUT2D eigenvalue weighted by Gasteiger charge is -2.38. The van der Waals surface area contributed by atoms with Gasteiger partial charge in [0, 0.05) is 23.9 Å². The Kier molecular flexibility index (Phi) is 6.00. The summed E-state index contributed by atoms with van der Waals surface area (Å²) in [6.07, 6.45) is 2.96. The van der Waals surface area contributed by atoms with E-state index in [-0.39, 0.29) is 35.8 Å². The SMILES string of the molecule is CCOc1ccccc1C(=O)C1CC2CCC(C1)N2C(=O)OCC1c2ccccc2-c2ccccc21. The van der Waals surface area contributed by atoms with Crippen molar-refractivity contribution in [3.05, 3.63) is 89.5 Å². The number of benzene rings is 3. The van der Waals surface area contributed by atoms with E-state index in [1.807, 2.05) is 48.2 Å². The van der Waals surface area contributed by atoms with Crippen LogP contribution in [-0.2, 0) is 4.74 Å². The first kappa shape index (κ1) is 22.8. The van der Waals surface area contributed by atoms with E-state index in [4.69, 9.17) is 9.47 Å². The summed E-state index contributed by atoms with van der Waals surface area (Å²) in [6, 6.07) is 24.3. The number of ketones is 1. The number of ether oxygens (including phenoxy) is 2. The minimum atomic E-state index is -0.245. The fraction of sp³-hybridized carbons (Fsp3) is 0.355. The molecule has 0 N–H and O–H groups in total. The quantitative estimate of drug-likeness (QED) is 0.379. The van der Waals surface area contributed by atoms with Gasteiger partial charge < -0.3 is 14.4 Å². The number of nitrogens with zero attached hydrogens (tertiary/aromatic N) is 1. The fourth-order valence-corrected chi connectivity index (χ4v) is 6.53. The maximum atomic E-state index is 13.4. The second-order valence-corrected chi connectivity index (χ2v) is 10.1. The Morgan fingerprint density at radius 2 is 1.42 bits per heavy atom. The molecule has 2 fully saturated rings. The summed E-state index contributed by atoms with van der Waals surface area (Å²) in [5.74, 6) is 0.731. The number of para-hydroxylation sites is 1. The van der Waals surface area contributed by atoms with Crippen molar-refractivity contribution >= 4 is 11.9 Å². The zero-order chi connectivity index (χ0) is 24.6. The zero-order valence-corrected chi connectivity index (χ0v) is 20.6. The summed E-state index contributed by atoms with van der Waals surface area (Å²) in [7, 11) is 0. The molecule has 2 bridgehead atoms. The Morgan fingerprint density at radius 1 is 0.833 bits per heavy atom. The Hall–Kier alpha value is -3.60. The molecular weight excluding hydrogens is 450 g/mol. The fourth-order valence-electron chi connectivity index (χ4n) is 6.53. The Labute approximate surface area is 212 Å². The average Bonchev–Trinajstić information content (AvgIpc) is 3.38. The van der Waals surface area contributed by atoms with Crippen LogP contribution in [-0.4, -0.2) is 42.1 Å². The van der Waals surface area contributed by atoms with Crippen LogP contribution in [0.5, 0.6) is 5.75 Å². The van der Waals surface area contributed by atoms with Crippen molar-refractivity contribution in [2.45, 2.75) is 50.6 Å². The molecule has 1 aliphatic carbocycles. The first-order valence-electron chi connectivity index (χ1n) is 13.0. The van der Waals surface area contributed by atoms with Gasteiger partial charge in [0.05, 0.1) is 12.2 Å². The molecular formula is C31H31NO4. The van der Waals surface area contributed by atoms with Crippen molar-refractivity contribution < 1.29 is 19.1 Å². The second-order valence-electron chi connectivity index (χ2n) is 10.1. The zero-order valence-electron chi connectivity index (χ0n) is 20.6. The van der Waals surface area contributed by atoms with Gasteiger partial charge in [-0.05, 0) is 67.0 Å². The van der Waals surface area contributed by atoms with E-state index in [0.717, 1.165) is 12.8 Å². The van der Waals surface area contributed by atoms with Crippen molar-refractivity contribution in [2.24, 2.45) is 5.92 Å². The lowest BCUT2D eigenvalue weighted by atomic mass is 9.84. The van der Waals surface area contributed by atoms with Crippen LogP contribution in [0.4, 0.5) is 4.79 Å². The van der Waals surface area contributed by atoms with Gasteiger partial charge in [-0.1, -0.05) is 60.7 Å². The van der Waals surface area contributed by atoms with Crippen molar-refractivity contribution in [2.75, 3.05) is 13.2 Å². The topological polar surface area (TPSA) is 55.8 Å². The van der Waals surface area contributed by atoms with Crippen molar-refractivity contribution in [1.29, 1.82) is 0 Å². The Morgan fingerprint density at radius 3 is 2.06 bits per heavy atom. The first-order chi connectivity index (χ1) is 17.7. The van der Waals surface area contributed by atoms with Crippen LogP contribution in [0.1, 0.15) is 60.0 Å². The van der Waals surface area contributed by atoms with E-state index in [1.165, 1.54) is 22.3 Å². The largest absolute Gasteiger partial charge is 0.493 e. The van der Waals surface area contributed by atoms with Gasteiger partial charge >= 0.3 is 6.09 Å². The molecule has 184 valence electrons. The number of carbonyl (C=O) groups is 2. The highest BCUT2D eigenvalue weighted by atomic mass is 16.6. The molecule has 5 heteroatoms. The maximum Gasteiger partial charge on any atom is 0.410 e. The average molecular weight is 482 g/mol. The lowest BCUT2D eigenvalue weighted by Crippen LogP contribution is -2.48. The van der Waals surface area contributed by atoms with Gasteiger partial charge in [0.2, 0.25) is 0 Å². The molecule has 1 amide bonds. The molecule has 3 aromatic rings. The van der Waals surface area contributed by atoms with Gasteiger partial charge in [-0.2, -0.15) is 0 Å². The van der Waals surface area contributed by atoms with Gasteiger partial charge in [0.15, 0.2) is 5.78 Å². The van der Waals surface area contributed by atoms with E-state index < -0.39 is 0 Å². The molecule has 36 heavy (non-hydrogen) atoms. The van der Waals surface area contributed by atoms with Crippen LogP contribution >= 0.6 is 0 Å². The van der Waals surface area contributed by atoms with Crippen LogP contribution in [0.3, 0.4) is 0 Å². The first-order valence-corrected chi connectivity index (χ1v) is 13.0. The highest BCUT2D eigenvalue weighted by Crippen LogP contribution is 2.45. The van der Waals surface area contributed by atoms with Gasteiger partial charge in [-0.15, -0.1) is 0 Å². The molecule has 3 aromatic carbocycles.